The lowest BCUT2D eigenvalue weighted by Gasteiger charge is -2.40. The first-order valence-corrected chi connectivity index (χ1v) is 8.09. The number of piperidine rings is 1. The maximum atomic E-state index is 5.81. The Hall–Kier alpha value is -1.28. The summed E-state index contributed by atoms with van der Waals surface area (Å²) in [5, 5.41) is 0. The maximum Gasteiger partial charge on any atom is 0.113 e. The molecule has 2 aliphatic rings. The van der Waals surface area contributed by atoms with Crippen molar-refractivity contribution in [1.29, 1.82) is 0 Å². The Morgan fingerprint density at radius 3 is 2.48 bits per heavy atom. The highest BCUT2D eigenvalue weighted by Gasteiger charge is 2.31. The number of hydrogen-bond donors (Lipinski definition) is 0. The van der Waals surface area contributed by atoms with Gasteiger partial charge in [-0.2, -0.15) is 0 Å². The Labute approximate surface area is 130 Å². The zero-order valence-corrected chi connectivity index (χ0v) is 13.0. The van der Waals surface area contributed by atoms with Crippen LogP contribution < -0.4 is 5.46 Å². The molecule has 108 valence electrons. The molecule has 1 fully saturated rings. The predicted molar refractivity (Wildman–Crippen MR) is 91.3 cm³/mol. The van der Waals surface area contributed by atoms with Gasteiger partial charge in [-0.15, -0.1) is 0 Å². The Morgan fingerprint density at radius 1 is 1.14 bits per heavy atom. The molecule has 0 aromatic heterocycles. The van der Waals surface area contributed by atoms with Crippen LogP contribution in [0.3, 0.4) is 0 Å². The van der Waals surface area contributed by atoms with Crippen molar-refractivity contribution >= 4 is 13.3 Å². The summed E-state index contributed by atoms with van der Waals surface area (Å²) in [7, 11) is 5.81. The Balaban J connectivity index is 1.60. The zero-order valence-electron chi connectivity index (χ0n) is 13.0. The summed E-state index contributed by atoms with van der Waals surface area (Å²) in [6.45, 7) is 5.95. The summed E-state index contributed by atoms with van der Waals surface area (Å²) in [5.41, 5.74) is 4.20. The van der Waals surface area contributed by atoms with E-state index in [1.54, 1.807) is 5.57 Å². The lowest BCUT2D eigenvalue weighted by molar-refractivity contribution is 0.179. The van der Waals surface area contributed by atoms with E-state index in [1.807, 2.05) is 12.1 Å². The summed E-state index contributed by atoms with van der Waals surface area (Å²) in [4.78, 5) is 2.62. The van der Waals surface area contributed by atoms with Crippen molar-refractivity contribution in [2.75, 3.05) is 19.6 Å². The largest absolute Gasteiger partial charge is 0.299 e. The number of hydrogen-bond acceptors (Lipinski definition) is 1. The first-order chi connectivity index (χ1) is 10.2. The Morgan fingerprint density at radius 2 is 1.86 bits per heavy atom. The van der Waals surface area contributed by atoms with E-state index in [1.165, 1.54) is 44.3 Å². The van der Waals surface area contributed by atoms with Crippen LogP contribution >= 0.6 is 0 Å². The average Bonchev–Trinajstić information content (AvgIpc) is 2.51. The molecule has 1 aromatic carbocycles. The summed E-state index contributed by atoms with van der Waals surface area (Å²) >= 11 is 0. The minimum Gasteiger partial charge on any atom is -0.299 e. The van der Waals surface area contributed by atoms with Crippen LogP contribution in [0.5, 0.6) is 0 Å². The summed E-state index contributed by atoms with van der Waals surface area (Å²) in [5.74, 6) is 0. The second-order valence-electron chi connectivity index (χ2n) is 6.75. The van der Waals surface area contributed by atoms with E-state index < -0.39 is 0 Å². The highest BCUT2D eigenvalue weighted by Crippen LogP contribution is 2.35. The Bertz CT molecular complexity index is 533. The van der Waals surface area contributed by atoms with Crippen LogP contribution in [0.15, 0.2) is 48.1 Å². The molecule has 2 radical (unpaired) electrons. The van der Waals surface area contributed by atoms with E-state index in [0.717, 1.165) is 12.0 Å². The van der Waals surface area contributed by atoms with Crippen molar-refractivity contribution in [1.82, 2.24) is 4.90 Å². The van der Waals surface area contributed by atoms with Crippen LogP contribution in [0.2, 0.25) is 0 Å². The van der Waals surface area contributed by atoms with E-state index in [-0.39, 0.29) is 0 Å². The first kappa shape index (κ1) is 14.7. The number of likely N-dealkylation sites (tertiary alicyclic amines) is 1. The van der Waals surface area contributed by atoms with E-state index in [9.17, 15) is 0 Å². The third kappa shape index (κ3) is 3.49. The van der Waals surface area contributed by atoms with Crippen molar-refractivity contribution in [3.63, 3.8) is 0 Å². The SMILES string of the molecule is [B]c1ccc(C2(C)CCN(CC3=CC=CCC3)CC2)cc1. The highest BCUT2D eigenvalue weighted by molar-refractivity contribution is 6.32. The van der Waals surface area contributed by atoms with Crippen molar-refractivity contribution in [2.45, 2.75) is 38.0 Å². The van der Waals surface area contributed by atoms with Gasteiger partial charge in [-0.25, -0.2) is 0 Å². The van der Waals surface area contributed by atoms with Gasteiger partial charge in [0.2, 0.25) is 0 Å². The molecule has 21 heavy (non-hydrogen) atoms. The normalized spacial score (nSPS) is 22.0. The number of nitrogens with zero attached hydrogens (tertiary/aromatic N) is 1. The molecule has 3 rings (SSSR count). The molecular weight excluding hydrogens is 253 g/mol. The molecule has 2 heteroatoms. The third-order valence-corrected chi connectivity index (χ3v) is 5.09. The van der Waals surface area contributed by atoms with Gasteiger partial charge in [0, 0.05) is 6.54 Å². The predicted octanol–water partition coefficient (Wildman–Crippen LogP) is 3.11. The molecule has 0 unspecified atom stereocenters. The zero-order chi connectivity index (χ0) is 14.7. The van der Waals surface area contributed by atoms with Crippen LogP contribution in [0.1, 0.15) is 38.2 Å². The maximum absolute atomic E-state index is 5.81. The number of benzene rings is 1. The van der Waals surface area contributed by atoms with Crippen LogP contribution in [0.25, 0.3) is 0 Å². The number of rotatable bonds is 3. The van der Waals surface area contributed by atoms with Gasteiger partial charge in [0.25, 0.3) is 0 Å². The summed E-state index contributed by atoms with van der Waals surface area (Å²) in [6, 6.07) is 8.48. The van der Waals surface area contributed by atoms with Crippen molar-refractivity contribution in [3.8, 4) is 0 Å². The molecule has 0 N–H and O–H groups in total. The van der Waals surface area contributed by atoms with Crippen molar-refractivity contribution < 1.29 is 0 Å². The molecular formula is C19H24BN. The van der Waals surface area contributed by atoms with Crippen LogP contribution in [0, 0.1) is 0 Å². The first-order valence-electron chi connectivity index (χ1n) is 8.09. The standard InChI is InChI=1S/C19H24BN/c1-19(17-7-9-18(20)10-8-17)11-13-21(14-12-19)15-16-5-3-2-4-6-16/h2-3,5,7-10H,4,6,11-15H2,1H3. The van der Waals surface area contributed by atoms with Gasteiger partial charge < -0.3 is 0 Å². The molecule has 1 aliphatic carbocycles. The molecule has 0 amide bonds. The monoisotopic (exact) mass is 277 g/mol. The van der Waals surface area contributed by atoms with E-state index in [0.29, 0.717) is 5.41 Å². The van der Waals surface area contributed by atoms with E-state index in [4.69, 9.17) is 7.85 Å². The van der Waals surface area contributed by atoms with Gasteiger partial charge >= 0.3 is 0 Å². The third-order valence-electron chi connectivity index (χ3n) is 5.09. The molecule has 1 heterocycles. The lowest BCUT2D eigenvalue weighted by Crippen LogP contribution is -2.41. The fourth-order valence-electron chi connectivity index (χ4n) is 3.45. The summed E-state index contributed by atoms with van der Waals surface area (Å²) < 4.78 is 0. The van der Waals surface area contributed by atoms with Gasteiger partial charge in [-0.05, 0) is 49.8 Å². The minimum atomic E-state index is 0.311. The van der Waals surface area contributed by atoms with E-state index in [2.05, 4.69) is 42.2 Å². The van der Waals surface area contributed by atoms with Gasteiger partial charge in [0.05, 0.1) is 0 Å². The molecule has 0 atom stereocenters. The van der Waals surface area contributed by atoms with Gasteiger partial charge in [0.15, 0.2) is 0 Å². The van der Waals surface area contributed by atoms with Gasteiger partial charge in [-0.3, -0.25) is 4.90 Å². The molecule has 1 aliphatic heterocycles. The fraction of sp³-hybridized carbons (Fsp3) is 0.474. The molecule has 0 spiro atoms. The minimum absolute atomic E-state index is 0.311. The smallest absolute Gasteiger partial charge is 0.113 e. The highest BCUT2D eigenvalue weighted by atomic mass is 15.1. The quantitative estimate of drug-likeness (QED) is 0.767. The van der Waals surface area contributed by atoms with Crippen LogP contribution in [0.4, 0.5) is 0 Å². The van der Waals surface area contributed by atoms with Crippen LogP contribution in [-0.2, 0) is 5.41 Å². The van der Waals surface area contributed by atoms with E-state index >= 15 is 0 Å². The van der Waals surface area contributed by atoms with Gasteiger partial charge in [0.1, 0.15) is 7.85 Å². The molecule has 1 nitrogen and oxygen atoms in total. The second kappa shape index (κ2) is 6.23. The number of allylic oxidation sites excluding steroid dienone is 3. The molecule has 1 aromatic rings. The van der Waals surface area contributed by atoms with Crippen LogP contribution in [-0.4, -0.2) is 32.4 Å². The molecule has 0 bridgehead atoms. The topological polar surface area (TPSA) is 3.24 Å². The molecule has 1 saturated heterocycles. The Kier molecular flexibility index (Phi) is 4.35. The van der Waals surface area contributed by atoms with Crippen molar-refractivity contribution in [3.05, 3.63) is 53.6 Å². The lowest BCUT2D eigenvalue weighted by atomic mass is 9.74. The average molecular weight is 277 g/mol. The molecule has 0 saturated carbocycles. The summed E-state index contributed by atoms with van der Waals surface area (Å²) in [6.07, 6.45) is 11.7. The second-order valence-corrected chi connectivity index (χ2v) is 6.75. The van der Waals surface area contributed by atoms with Gasteiger partial charge in [-0.1, -0.05) is 60.5 Å². The fourth-order valence-corrected chi connectivity index (χ4v) is 3.45. The van der Waals surface area contributed by atoms with Crippen molar-refractivity contribution in [2.24, 2.45) is 0 Å².